The standard InChI is InChI=1S/C22H22ClNO3S/c1-28(27)19-6-2-5-18-21(19)17(12-14-7-9-16(23)10-8-14)22-15(13-20(25)26)4-3-11-24(18)22/h2,5-10,15H,3-4,11-13H2,1H3,(H,25,26). The molecule has 1 N–H and O–H groups in total. The van der Waals surface area contributed by atoms with Crippen LogP contribution < -0.4 is 0 Å². The van der Waals surface area contributed by atoms with Crippen molar-refractivity contribution in [2.24, 2.45) is 0 Å². The minimum atomic E-state index is -1.13. The third-order valence-electron chi connectivity index (χ3n) is 5.54. The maximum Gasteiger partial charge on any atom is 0.304 e. The van der Waals surface area contributed by atoms with Crippen LogP contribution in [0.25, 0.3) is 10.9 Å². The Morgan fingerprint density at radius 3 is 2.71 bits per heavy atom. The van der Waals surface area contributed by atoms with Crippen LogP contribution in [0.15, 0.2) is 47.4 Å². The normalized spacial score (nSPS) is 17.5. The second-order valence-corrected chi connectivity index (χ2v) is 9.14. The number of aryl methyl sites for hydroxylation is 1. The Kier molecular flexibility index (Phi) is 5.41. The van der Waals surface area contributed by atoms with Crippen molar-refractivity contribution in [3.63, 3.8) is 0 Å². The van der Waals surface area contributed by atoms with E-state index in [1.807, 2.05) is 36.4 Å². The summed E-state index contributed by atoms with van der Waals surface area (Å²) in [6, 6.07) is 13.7. The van der Waals surface area contributed by atoms with Crippen LogP contribution in [0.3, 0.4) is 0 Å². The summed E-state index contributed by atoms with van der Waals surface area (Å²) in [5.41, 5.74) is 4.36. The molecule has 0 bridgehead atoms. The van der Waals surface area contributed by atoms with E-state index in [4.69, 9.17) is 11.6 Å². The first-order valence-corrected chi connectivity index (χ1v) is 11.3. The Labute approximate surface area is 172 Å². The van der Waals surface area contributed by atoms with Crippen LogP contribution in [0.5, 0.6) is 0 Å². The molecule has 1 aliphatic heterocycles. The summed E-state index contributed by atoms with van der Waals surface area (Å²) in [5.74, 6) is -0.806. The van der Waals surface area contributed by atoms with Crippen molar-refractivity contribution in [2.45, 2.75) is 43.0 Å². The van der Waals surface area contributed by atoms with Crippen molar-refractivity contribution in [1.29, 1.82) is 0 Å². The highest BCUT2D eigenvalue weighted by Gasteiger charge is 2.31. The number of fused-ring (bicyclic) bond motifs is 3. The van der Waals surface area contributed by atoms with Gasteiger partial charge in [0.1, 0.15) is 6.26 Å². The van der Waals surface area contributed by atoms with Crippen LogP contribution in [-0.2, 0) is 28.9 Å². The molecular weight excluding hydrogens is 394 g/mol. The third-order valence-corrected chi connectivity index (χ3v) is 6.75. The monoisotopic (exact) mass is 415 g/mol. The summed E-state index contributed by atoms with van der Waals surface area (Å²) in [6.07, 6.45) is 4.30. The zero-order valence-electron chi connectivity index (χ0n) is 15.7. The molecule has 2 heterocycles. The van der Waals surface area contributed by atoms with E-state index in [2.05, 4.69) is 10.6 Å². The van der Waals surface area contributed by atoms with E-state index in [1.54, 1.807) is 6.26 Å². The van der Waals surface area contributed by atoms with Gasteiger partial charge in [-0.2, -0.15) is 0 Å². The van der Waals surface area contributed by atoms with Crippen molar-refractivity contribution in [2.75, 3.05) is 6.26 Å². The van der Waals surface area contributed by atoms with Gasteiger partial charge in [-0.1, -0.05) is 29.8 Å². The SMILES string of the molecule is C[S+]([O-])c1cccc2c1c(Cc1ccc(Cl)cc1)c1n2CCCC1CC(=O)O. The number of benzene rings is 2. The number of hydrogen-bond donors (Lipinski definition) is 1. The zero-order valence-corrected chi connectivity index (χ0v) is 17.2. The molecule has 146 valence electrons. The maximum absolute atomic E-state index is 12.5. The first kappa shape index (κ1) is 19.4. The molecule has 1 aromatic heterocycles. The molecule has 2 aromatic carbocycles. The average Bonchev–Trinajstić information content (AvgIpc) is 2.98. The fourth-order valence-corrected chi connectivity index (χ4v) is 5.35. The summed E-state index contributed by atoms with van der Waals surface area (Å²) in [6.45, 7) is 0.863. The number of hydrogen-bond acceptors (Lipinski definition) is 2. The molecule has 0 radical (unpaired) electrons. The molecule has 2 atom stereocenters. The Morgan fingerprint density at radius 2 is 2.04 bits per heavy atom. The van der Waals surface area contributed by atoms with Gasteiger partial charge in [-0.15, -0.1) is 0 Å². The summed E-state index contributed by atoms with van der Waals surface area (Å²) in [4.78, 5) is 12.3. The predicted molar refractivity (Wildman–Crippen MR) is 113 cm³/mol. The highest BCUT2D eigenvalue weighted by atomic mass is 35.5. The van der Waals surface area contributed by atoms with Gasteiger partial charge in [0.05, 0.1) is 17.3 Å². The van der Waals surface area contributed by atoms with E-state index < -0.39 is 17.1 Å². The fourth-order valence-electron chi connectivity index (χ4n) is 4.44. The van der Waals surface area contributed by atoms with E-state index in [9.17, 15) is 14.5 Å². The molecule has 0 saturated carbocycles. The minimum absolute atomic E-state index is 0.0286. The molecule has 2 unspecified atom stereocenters. The van der Waals surface area contributed by atoms with Crippen LogP contribution >= 0.6 is 11.6 Å². The summed E-state index contributed by atoms with van der Waals surface area (Å²) >= 11 is 4.91. The fraction of sp³-hybridized carbons (Fsp3) is 0.318. The molecule has 0 saturated heterocycles. The molecule has 4 nitrogen and oxygen atoms in total. The van der Waals surface area contributed by atoms with Crippen molar-refractivity contribution in [3.05, 3.63) is 64.3 Å². The smallest absolute Gasteiger partial charge is 0.304 e. The molecule has 1 aliphatic rings. The number of carboxylic acids is 1. The quantitative estimate of drug-likeness (QED) is 0.598. The van der Waals surface area contributed by atoms with Crippen LogP contribution in [0.4, 0.5) is 0 Å². The van der Waals surface area contributed by atoms with Gasteiger partial charge >= 0.3 is 5.97 Å². The van der Waals surface area contributed by atoms with E-state index in [1.165, 1.54) is 0 Å². The van der Waals surface area contributed by atoms with Crippen molar-refractivity contribution in [3.8, 4) is 0 Å². The highest BCUT2D eigenvalue weighted by molar-refractivity contribution is 7.91. The average molecular weight is 416 g/mol. The number of nitrogens with zero attached hydrogens (tertiary/aromatic N) is 1. The van der Waals surface area contributed by atoms with Gasteiger partial charge < -0.3 is 14.2 Å². The Morgan fingerprint density at radius 1 is 1.29 bits per heavy atom. The zero-order chi connectivity index (χ0) is 19.8. The second kappa shape index (κ2) is 7.82. The molecular formula is C22H22ClNO3S. The number of aliphatic carboxylic acids is 1. The van der Waals surface area contributed by atoms with Gasteiger partial charge in [-0.05, 0) is 59.4 Å². The lowest BCUT2D eigenvalue weighted by atomic mass is 9.88. The van der Waals surface area contributed by atoms with Crippen molar-refractivity contribution < 1.29 is 14.5 Å². The van der Waals surface area contributed by atoms with E-state index in [-0.39, 0.29) is 12.3 Å². The van der Waals surface area contributed by atoms with Gasteiger partial charge in [-0.25, -0.2) is 0 Å². The molecule has 0 amide bonds. The van der Waals surface area contributed by atoms with Gasteiger partial charge in [-0.3, -0.25) is 4.79 Å². The summed E-state index contributed by atoms with van der Waals surface area (Å²) in [7, 11) is 0. The largest absolute Gasteiger partial charge is 0.612 e. The second-order valence-electron chi connectivity index (χ2n) is 7.36. The first-order valence-electron chi connectivity index (χ1n) is 9.39. The number of aromatic nitrogens is 1. The maximum atomic E-state index is 12.5. The first-order chi connectivity index (χ1) is 13.5. The molecule has 6 heteroatoms. The molecule has 28 heavy (non-hydrogen) atoms. The lowest BCUT2D eigenvalue weighted by Crippen LogP contribution is -2.19. The van der Waals surface area contributed by atoms with E-state index in [0.29, 0.717) is 11.4 Å². The van der Waals surface area contributed by atoms with Gasteiger partial charge in [0.25, 0.3) is 0 Å². The summed E-state index contributed by atoms with van der Waals surface area (Å²) < 4.78 is 14.7. The Hall–Kier alpha value is -1.95. The van der Waals surface area contributed by atoms with E-state index in [0.717, 1.165) is 52.0 Å². The lowest BCUT2D eigenvalue weighted by Gasteiger charge is -2.25. The molecule has 0 spiro atoms. The Balaban J connectivity index is 1.96. The minimum Gasteiger partial charge on any atom is -0.612 e. The van der Waals surface area contributed by atoms with Crippen LogP contribution in [0, 0.1) is 0 Å². The number of halogens is 1. The summed E-state index contributed by atoms with van der Waals surface area (Å²) in [5, 5.41) is 11.2. The molecule has 0 aliphatic carbocycles. The molecule has 4 rings (SSSR count). The van der Waals surface area contributed by atoms with Gasteiger partial charge in [0.2, 0.25) is 0 Å². The lowest BCUT2D eigenvalue weighted by molar-refractivity contribution is -0.137. The number of carbonyl (C=O) groups is 1. The topological polar surface area (TPSA) is 65.3 Å². The molecule has 3 aromatic rings. The van der Waals surface area contributed by atoms with Crippen LogP contribution in [0.1, 0.15) is 42.0 Å². The Bertz CT molecular complexity index is 1030. The van der Waals surface area contributed by atoms with Gasteiger partial charge in [0.15, 0.2) is 4.90 Å². The predicted octanol–water partition coefficient (Wildman–Crippen LogP) is 4.98. The van der Waals surface area contributed by atoms with Crippen molar-refractivity contribution in [1.82, 2.24) is 4.57 Å². The number of rotatable bonds is 5. The third kappa shape index (κ3) is 3.54. The van der Waals surface area contributed by atoms with Crippen LogP contribution in [0.2, 0.25) is 5.02 Å². The van der Waals surface area contributed by atoms with Crippen LogP contribution in [-0.4, -0.2) is 26.5 Å². The highest BCUT2D eigenvalue weighted by Crippen LogP contribution is 2.42. The van der Waals surface area contributed by atoms with Crippen molar-refractivity contribution >= 4 is 39.6 Å². The van der Waals surface area contributed by atoms with E-state index >= 15 is 0 Å². The molecule has 0 fully saturated rings. The van der Waals surface area contributed by atoms with Gasteiger partial charge in [0, 0.05) is 29.6 Å². The number of carboxylic acid groups (broad SMARTS) is 1.